The van der Waals surface area contributed by atoms with E-state index in [0.717, 1.165) is 48.3 Å². The van der Waals surface area contributed by atoms with Gasteiger partial charge < -0.3 is 4.90 Å². The summed E-state index contributed by atoms with van der Waals surface area (Å²) < 4.78 is 0. The van der Waals surface area contributed by atoms with E-state index in [4.69, 9.17) is 5.21 Å². The van der Waals surface area contributed by atoms with Gasteiger partial charge in [0.2, 0.25) is 5.91 Å². The minimum absolute atomic E-state index is 0.108. The largest absolute Gasteiger partial charge is 0.336 e. The lowest BCUT2D eigenvalue weighted by Crippen LogP contribution is -2.55. The molecule has 4 bridgehead atoms. The molecule has 0 aromatic carbocycles. The number of carbonyl (C=O) groups excluding carboxylic acids is 2. The van der Waals surface area contributed by atoms with Crippen molar-refractivity contribution in [3.8, 4) is 0 Å². The Morgan fingerprint density at radius 1 is 1.15 bits per heavy atom. The molecule has 4 aliphatic carbocycles. The lowest BCUT2D eigenvalue weighted by Gasteiger charge is -2.56. The van der Waals surface area contributed by atoms with Crippen molar-refractivity contribution in [3.05, 3.63) is 29.1 Å². The number of hydrogen-bond acceptors (Lipinski definition) is 4. The molecule has 4 fully saturated rings. The number of carbonyl (C=O) groups is 2. The van der Waals surface area contributed by atoms with Crippen LogP contribution in [0.4, 0.5) is 0 Å². The predicted molar refractivity (Wildman–Crippen MR) is 93.2 cm³/mol. The van der Waals surface area contributed by atoms with Crippen LogP contribution in [0, 0.1) is 23.2 Å². The van der Waals surface area contributed by atoms with E-state index >= 15 is 0 Å². The van der Waals surface area contributed by atoms with Crippen LogP contribution in [0.25, 0.3) is 0 Å². The normalized spacial score (nSPS) is 34.5. The second-order valence-corrected chi connectivity index (χ2v) is 8.95. The number of nitrogens with one attached hydrogen (secondary N) is 1. The van der Waals surface area contributed by atoms with Crippen molar-refractivity contribution in [3.63, 3.8) is 0 Å². The topological polar surface area (TPSA) is 82.5 Å². The van der Waals surface area contributed by atoms with Gasteiger partial charge in [-0.05, 0) is 74.3 Å². The van der Waals surface area contributed by atoms with Crippen LogP contribution in [0.5, 0.6) is 0 Å². The van der Waals surface area contributed by atoms with Gasteiger partial charge in [-0.3, -0.25) is 19.8 Å². The molecule has 0 saturated heterocycles. The summed E-state index contributed by atoms with van der Waals surface area (Å²) in [5.74, 6) is 2.09. The molecule has 4 saturated carbocycles. The molecule has 6 nitrogen and oxygen atoms in total. The van der Waals surface area contributed by atoms with Crippen LogP contribution < -0.4 is 5.48 Å². The highest BCUT2D eigenvalue weighted by Crippen LogP contribution is 2.60. The number of nitrogens with zero attached hydrogens (tertiary/aromatic N) is 2. The summed E-state index contributed by atoms with van der Waals surface area (Å²) in [5, 5.41) is 8.78. The number of hydroxylamine groups is 1. The van der Waals surface area contributed by atoms with E-state index in [9.17, 15) is 9.59 Å². The molecular formula is C20H25N3O3. The van der Waals surface area contributed by atoms with E-state index in [1.165, 1.54) is 25.5 Å². The first-order valence-corrected chi connectivity index (χ1v) is 9.78. The zero-order valence-electron chi connectivity index (χ0n) is 14.9. The molecule has 0 unspecified atom stereocenters. The van der Waals surface area contributed by atoms with Gasteiger partial charge in [0.25, 0.3) is 5.91 Å². The molecule has 138 valence electrons. The van der Waals surface area contributed by atoms with Crippen LogP contribution in [0.2, 0.25) is 0 Å². The Morgan fingerprint density at radius 2 is 1.81 bits per heavy atom. The zero-order valence-corrected chi connectivity index (χ0v) is 14.9. The van der Waals surface area contributed by atoms with E-state index in [1.807, 2.05) is 4.90 Å². The Morgan fingerprint density at radius 3 is 2.42 bits per heavy atom. The van der Waals surface area contributed by atoms with E-state index in [2.05, 4.69) is 4.98 Å². The molecule has 6 rings (SSSR count). The molecule has 0 radical (unpaired) electrons. The lowest BCUT2D eigenvalue weighted by atomic mass is 9.49. The van der Waals surface area contributed by atoms with Crippen molar-refractivity contribution >= 4 is 11.8 Å². The Labute approximate surface area is 152 Å². The number of amides is 2. The summed E-state index contributed by atoms with van der Waals surface area (Å²) in [4.78, 5) is 31.5. The highest BCUT2D eigenvalue weighted by molar-refractivity contribution is 5.93. The molecule has 26 heavy (non-hydrogen) atoms. The molecule has 0 atom stereocenters. The molecule has 2 heterocycles. The number of hydrogen-bond donors (Lipinski definition) is 2. The maximum absolute atomic E-state index is 13.5. The molecule has 1 aromatic rings. The Hall–Kier alpha value is -1.95. The van der Waals surface area contributed by atoms with Crippen molar-refractivity contribution in [2.24, 2.45) is 23.2 Å². The maximum Gasteiger partial charge on any atom is 0.276 e. The van der Waals surface area contributed by atoms with Crippen LogP contribution in [0.3, 0.4) is 0 Å². The van der Waals surface area contributed by atoms with E-state index in [1.54, 1.807) is 11.5 Å². The summed E-state index contributed by atoms with van der Waals surface area (Å²) in [5.41, 5.74) is 3.77. The van der Waals surface area contributed by atoms with Gasteiger partial charge in [0.05, 0.1) is 23.2 Å². The standard InChI is InChI=1S/C20H25N3O3/c24-18(22-26)16-6-15-1-2-23(11-17(15)21-10-16)19(25)20-7-12-3-13(8-20)5-14(4-12)9-20/h6,10,12-14,26H,1-5,7-9,11H2,(H,22,24). The van der Waals surface area contributed by atoms with Crippen molar-refractivity contribution in [1.29, 1.82) is 0 Å². The molecule has 2 amide bonds. The fourth-order valence-electron chi connectivity index (χ4n) is 6.48. The first-order chi connectivity index (χ1) is 12.6. The molecule has 0 spiro atoms. The highest BCUT2D eigenvalue weighted by Gasteiger charge is 2.55. The summed E-state index contributed by atoms with van der Waals surface area (Å²) in [7, 11) is 0. The molecule has 6 heteroatoms. The van der Waals surface area contributed by atoms with Crippen LogP contribution in [-0.4, -0.2) is 33.5 Å². The van der Waals surface area contributed by atoms with Gasteiger partial charge in [-0.25, -0.2) is 5.48 Å². The van der Waals surface area contributed by atoms with Gasteiger partial charge in [-0.2, -0.15) is 0 Å². The average Bonchev–Trinajstić information content (AvgIpc) is 2.65. The van der Waals surface area contributed by atoms with Gasteiger partial charge in [0, 0.05) is 12.7 Å². The Balaban J connectivity index is 1.36. The van der Waals surface area contributed by atoms with E-state index < -0.39 is 5.91 Å². The van der Waals surface area contributed by atoms with Crippen LogP contribution >= 0.6 is 0 Å². The summed E-state index contributed by atoms with van der Waals surface area (Å²) in [6, 6.07) is 1.78. The lowest BCUT2D eigenvalue weighted by molar-refractivity contribution is -0.158. The van der Waals surface area contributed by atoms with E-state index in [-0.39, 0.29) is 5.41 Å². The number of pyridine rings is 1. The minimum atomic E-state index is -0.549. The second kappa shape index (κ2) is 5.78. The summed E-state index contributed by atoms with van der Waals surface area (Å²) in [6.45, 7) is 1.23. The SMILES string of the molecule is O=C(NO)c1cnc2c(c1)CCN(C(=O)C13CC4CC(CC(C4)C1)C3)C2. The Bertz CT molecular complexity index is 740. The van der Waals surface area contributed by atoms with Gasteiger partial charge in [-0.1, -0.05) is 0 Å². The van der Waals surface area contributed by atoms with Crippen molar-refractivity contribution in [2.45, 2.75) is 51.5 Å². The van der Waals surface area contributed by atoms with Gasteiger partial charge in [-0.15, -0.1) is 0 Å². The number of fused-ring (bicyclic) bond motifs is 1. The van der Waals surface area contributed by atoms with E-state index in [0.29, 0.717) is 31.0 Å². The fourth-order valence-corrected chi connectivity index (χ4v) is 6.48. The predicted octanol–water partition coefficient (Wildman–Crippen LogP) is 2.30. The first kappa shape index (κ1) is 16.2. The molecule has 1 aromatic heterocycles. The molecule has 1 aliphatic heterocycles. The third kappa shape index (κ3) is 2.46. The van der Waals surface area contributed by atoms with Crippen LogP contribution in [-0.2, 0) is 17.8 Å². The maximum atomic E-state index is 13.5. The molecule has 5 aliphatic rings. The average molecular weight is 355 g/mol. The second-order valence-electron chi connectivity index (χ2n) is 8.95. The smallest absolute Gasteiger partial charge is 0.276 e. The number of rotatable bonds is 2. The number of aromatic nitrogens is 1. The van der Waals surface area contributed by atoms with Gasteiger partial charge >= 0.3 is 0 Å². The molecular weight excluding hydrogens is 330 g/mol. The highest BCUT2D eigenvalue weighted by atomic mass is 16.5. The monoisotopic (exact) mass is 355 g/mol. The molecule has 2 N–H and O–H groups in total. The van der Waals surface area contributed by atoms with Crippen LogP contribution in [0.15, 0.2) is 12.3 Å². The van der Waals surface area contributed by atoms with Crippen molar-refractivity contribution in [1.82, 2.24) is 15.4 Å². The third-order valence-corrected chi connectivity index (χ3v) is 7.19. The minimum Gasteiger partial charge on any atom is -0.336 e. The first-order valence-electron chi connectivity index (χ1n) is 9.78. The van der Waals surface area contributed by atoms with Crippen molar-refractivity contribution in [2.75, 3.05) is 6.54 Å². The van der Waals surface area contributed by atoms with Gasteiger partial charge in [0.15, 0.2) is 0 Å². The Kier molecular flexibility index (Phi) is 3.61. The fraction of sp³-hybridized carbons (Fsp3) is 0.650. The zero-order chi connectivity index (χ0) is 17.9. The quantitative estimate of drug-likeness (QED) is 0.630. The third-order valence-electron chi connectivity index (χ3n) is 7.19. The summed E-state index contributed by atoms with van der Waals surface area (Å²) >= 11 is 0. The van der Waals surface area contributed by atoms with Crippen LogP contribution in [0.1, 0.15) is 60.1 Å². The van der Waals surface area contributed by atoms with Gasteiger partial charge in [0.1, 0.15) is 0 Å². The summed E-state index contributed by atoms with van der Waals surface area (Å²) in [6.07, 6.45) is 9.47. The van der Waals surface area contributed by atoms with Crippen molar-refractivity contribution < 1.29 is 14.8 Å².